The van der Waals surface area contributed by atoms with Gasteiger partial charge in [0.25, 0.3) is 0 Å². The minimum atomic E-state index is -4.97. The number of ether oxygens (including phenoxy) is 4. The number of aliphatic hydroxyl groups excluding tert-OH is 1. The summed E-state index contributed by atoms with van der Waals surface area (Å²) in [6, 6.07) is 0. The maximum Gasteiger partial charge on any atom is 0.472 e. The molecule has 3 N–H and O–H groups in total. The van der Waals surface area contributed by atoms with Crippen molar-refractivity contribution in [3.05, 3.63) is 0 Å². The molecule has 0 aliphatic carbocycles. The Balaban J connectivity index is 5.25. The summed E-state index contributed by atoms with van der Waals surface area (Å²) in [6.45, 7) is 12.1. The molecule has 19 heteroatoms. The first kappa shape index (κ1) is 109. The third kappa shape index (κ3) is 84.3. The number of carbonyl (C=O) groups excluding carboxylic acids is 4. The average molecular weight is 1620 g/mol. The SMILES string of the molecule is CCCCCCCCCCCCCCCCCCCCCCC(=O)OC[C@H](COP(=O)(O)OC[C@@H](O)COP(=O)(O)OC[C@@H](COC(=O)CCCCCCCCCCC(C)CC)OC(=O)CCCCCCCCCCCCCCCCCC(C)C)OC(=O)CCCCCCCCCCCCCCCCCCCCC(C)C. The third-order valence-corrected chi connectivity index (χ3v) is 23.9. The zero-order valence-corrected chi connectivity index (χ0v) is 75.2. The fourth-order valence-corrected chi connectivity index (χ4v) is 16.0. The first-order valence-corrected chi connectivity index (χ1v) is 50.4. The van der Waals surface area contributed by atoms with Crippen molar-refractivity contribution in [2.24, 2.45) is 17.8 Å². The van der Waals surface area contributed by atoms with E-state index in [0.29, 0.717) is 25.7 Å². The minimum absolute atomic E-state index is 0.108. The molecule has 660 valence electrons. The summed E-state index contributed by atoms with van der Waals surface area (Å²) >= 11 is 0. The minimum Gasteiger partial charge on any atom is -0.462 e. The predicted octanol–water partition coefficient (Wildman–Crippen LogP) is 28.4. The van der Waals surface area contributed by atoms with Gasteiger partial charge in [-0.25, -0.2) is 9.13 Å². The van der Waals surface area contributed by atoms with Crippen LogP contribution in [0.2, 0.25) is 0 Å². The van der Waals surface area contributed by atoms with Crippen LogP contribution < -0.4 is 0 Å². The Hall–Kier alpha value is -1.94. The highest BCUT2D eigenvalue weighted by Gasteiger charge is 2.31. The summed E-state index contributed by atoms with van der Waals surface area (Å²) in [6.07, 6.45) is 75.0. The molecule has 0 radical (unpaired) electrons. The average Bonchev–Trinajstić information content (AvgIpc) is 0.899. The molecule has 0 aromatic heterocycles. The number of phosphoric acid groups is 2. The van der Waals surface area contributed by atoms with Gasteiger partial charge in [-0.15, -0.1) is 0 Å². The largest absolute Gasteiger partial charge is 0.472 e. The van der Waals surface area contributed by atoms with Gasteiger partial charge in [-0.05, 0) is 43.4 Å². The van der Waals surface area contributed by atoms with Crippen LogP contribution in [0.15, 0.2) is 0 Å². The molecule has 0 aliphatic heterocycles. The van der Waals surface area contributed by atoms with Crippen molar-refractivity contribution in [3.8, 4) is 0 Å². The van der Waals surface area contributed by atoms with Crippen LogP contribution in [0.5, 0.6) is 0 Å². The molecule has 0 aliphatic rings. The Kier molecular flexibility index (Phi) is 80.4. The van der Waals surface area contributed by atoms with E-state index in [0.717, 1.165) is 108 Å². The second-order valence-electron chi connectivity index (χ2n) is 34.2. The summed E-state index contributed by atoms with van der Waals surface area (Å²) in [5.41, 5.74) is 0. The Labute approximate surface area is 683 Å². The smallest absolute Gasteiger partial charge is 0.462 e. The van der Waals surface area contributed by atoms with Gasteiger partial charge in [0.05, 0.1) is 26.4 Å². The van der Waals surface area contributed by atoms with Crippen LogP contribution in [0.4, 0.5) is 0 Å². The molecule has 0 saturated carbocycles. The monoisotopic (exact) mass is 1620 g/mol. The first-order chi connectivity index (χ1) is 53.8. The maximum absolute atomic E-state index is 13.2. The van der Waals surface area contributed by atoms with Gasteiger partial charge in [-0.1, -0.05) is 440 Å². The fourth-order valence-electron chi connectivity index (χ4n) is 14.4. The van der Waals surface area contributed by atoms with Crippen molar-refractivity contribution in [2.75, 3.05) is 39.6 Å². The van der Waals surface area contributed by atoms with Crippen LogP contribution in [0.3, 0.4) is 0 Å². The van der Waals surface area contributed by atoms with Crippen LogP contribution in [-0.2, 0) is 65.4 Å². The van der Waals surface area contributed by atoms with Gasteiger partial charge in [-0.2, -0.15) is 0 Å². The molecule has 0 bridgehead atoms. The van der Waals surface area contributed by atoms with Crippen molar-refractivity contribution in [1.82, 2.24) is 0 Å². The lowest BCUT2D eigenvalue weighted by Gasteiger charge is -2.21. The van der Waals surface area contributed by atoms with Crippen molar-refractivity contribution in [2.45, 2.75) is 510 Å². The van der Waals surface area contributed by atoms with Gasteiger partial charge in [0.15, 0.2) is 12.2 Å². The van der Waals surface area contributed by atoms with E-state index in [1.165, 1.54) is 302 Å². The highest BCUT2D eigenvalue weighted by molar-refractivity contribution is 7.47. The summed E-state index contributed by atoms with van der Waals surface area (Å²) in [5, 5.41) is 10.7. The van der Waals surface area contributed by atoms with E-state index in [1.807, 2.05) is 0 Å². The number of hydrogen-bond acceptors (Lipinski definition) is 15. The third-order valence-electron chi connectivity index (χ3n) is 22.0. The van der Waals surface area contributed by atoms with Crippen LogP contribution in [0.25, 0.3) is 0 Å². The lowest BCUT2D eigenvalue weighted by Crippen LogP contribution is -2.30. The number of carbonyl (C=O) groups is 4. The molecule has 0 aromatic carbocycles. The fraction of sp³-hybridized carbons (Fsp3) is 0.957. The molecule has 17 nitrogen and oxygen atoms in total. The molecule has 3 unspecified atom stereocenters. The van der Waals surface area contributed by atoms with Gasteiger partial charge < -0.3 is 33.8 Å². The molecule has 0 heterocycles. The van der Waals surface area contributed by atoms with Gasteiger partial charge in [-0.3, -0.25) is 37.3 Å². The standard InChI is InChI=1S/C92H180O17P2/c1-8-10-11-12-13-14-15-16-17-18-19-20-24-29-34-39-44-52-59-66-73-89(94)102-79-87(108-91(96)75-68-61-54-45-40-35-30-25-22-21-23-27-32-37-42-49-56-63-70-83(3)4)81-106-110(98,99)104-77-86(93)78-105-111(100,101)107-82-88(80-103-90(95)74-67-60-53-48-47-51-58-65-72-85(7)9-2)109-92(97)76-69-62-55-46-41-36-31-26-28-33-38-43-50-57-64-71-84(5)6/h83-88,93H,8-82H2,1-7H3,(H,98,99)(H,100,101)/t85?,86-,87-,88-/m1/s1. The normalized spacial score (nSPS) is 14.0. The predicted molar refractivity (Wildman–Crippen MR) is 460 cm³/mol. The topological polar surface area (TPSA) is 237 Å². The van der Waals surface area contributed by atoms with Crippen molar-refractivity contribution >= 4 is 39.5 Å². The number of esters is 4. The molecular weight excluding hydrogens is 1440 g/mol. The summed E-state index contributed by atoms with van der Waals surface area (Å²) in [4.78, 5) is 73.5. The number of phosphoric ester groups is 2. The zero-order chi connectivity index (χ0) is 81.5. The van der Waals surface area contributed by atoms with Crippen molar-refractivity contribution in [3.63, 3.8) is 0 Å². The lowest BCUT2D eigenvalue weighted by molar-refractivity contribution is -0.161. The first-order valence-electron chi connectivity index (χ1n) is 47.4. The van der Waals surface area contributed by atoms with Crippen LogP contribution >= 0.6 is 15.6 Å². The van der Waals surface area contributed by atoms with Crippen LogP contribution in [0, 0.1) is 17.8 Å². The number of aliphatic hydroxyl groups is 1. The Bertz CT molecular complexity index is 2130. The van der Waals surface area contributed by atoms with E-state index >= 15 is 0 Å². The maximum atomic E-state index is 13.2. The summed E-state index contributed by atoms with van der Waals surface area (Å²) in [5.74, 6) is 0.303. The molecule has 0 rings (SSSR count). The number of unbranched alkanes of at least 4 members (excludes halogenated alkanes) is 57. The molecule has 0 spiro atoms. The van der Waals surface area contributed by atoms with E-state index in [1.54, 1.807) is 0 Å². The van der Waals surface area contributed by atoms with Gasteiger partial charge in [0.1, 0.15) is 19.3 Å². The molecule has 0 amide bonds. The lowest BCUT2D eigenvalue weighted by atomic mass is 9.99. The van der Waals surface area contributed by atoms with Crippen LogP contribution in [-0.4, -0.2) is 96.7 Å². The molecule has 0 aromatic rings. The quantitative estimate of drug-likeness (QED) is 0.0222. The van der Waals surface area contributed by atoms with Crippen molar-refractivity contribution in [1.29, 1.82) is 0 Å². The second-order valence-corrected chi connectivity index (χ2v) is 37.2. The second kappa shape index (κ2) is 81.8. The molecule has 6 atom stereocenters. The Morgan fingerprint density at radius 3 is 0.685 bits per heavy atom. The van der Waals surface area contributed by atoms with Crippen LogP contribution in [0.1, 0.15) is 492 Å². The molecule has 0 saturated heterocycles. The zero-order valence-electron chi connectivity index (χ0n) is 73.4. The highest BCUT2D eigenvalue weighted by Crippen LogP contribution is 2.45. The molecular formula is C92H180O17P2. The van der Waals surface area contributed by atoms with E-state index in [4.69, 9.17) is 37.0 Å². The summed E-state index contributed by atoms with van der Waals surface area (Å²) in [7, 11) is -9.94. The van der Waals surface area contributed by atoms with Gasteiger partial charge in [0, 0.05) is 25.7 Å². The van der Waals surface area contributed by atoms with Gasteiger partial charge in [0.2, 0.25) is 0 Å². The number of rotatable bonds is 90. The molecule has 0 fully saturated rings. The van der Waals surface area contributed by atoms with Crippen molar-refractivity contribution < 1.29 is 80.2 Å². The highest BCUT2D eigenvalue weighted by atomic mass is 31.2. The Morgan fingerprint density at radius 2 is 0.459 bits per heavy atom. The van der Waals surface area contributed by atoms with E-state index in [9.17, 15) is 43.2 Å². The number of hydrogen-bond donors (Lipinski definition) is 3. The summed E-state index contributed by atoms with van der Waals surface area (Å²) < 4.78 is 69.1. The van der Waals surface area contributed by atoms with E-state index in [2.05, 4.69) is 48.5 Å². The van der Waals surface area contributed by atoms with Gasteiger partial charge >= 0.3 is 39.5 Å². The van der Waals surface area contributed by atoms with E-state index in [-0.39, 0.29) is 25.7 Å². The van der Waals surface area contributed by atoms with E-state index < -0.39 is 97.5 Å². The molecule has 111 heavy (non-hydrogen) atoms. The Morgan fingerprint density at radius 1 is 0.261 bits per heavy atom.